The van der Waals surface area contributed by atoms with Crippen LogP contribution in [0.1, 0.15) is 20.7 Å². The van der Waals surface area contributed by atoms with Gasteiger partial charge in [0.25, 0.3) is 0 Å². The second-order valence-electron chi connectivity index (χ2n) is 2.22. The third-order valence-corrected chi connectivity index (χ3v) is 1.75. The molecule has 0 aliphatic carbocycles. The molecule has 12 heavy (non-hydrogen) atoms. The van der Waals surface area contributed by atoms with Crippen molar-refractivity contribution in [2.45, 2.75) is 0 Å². The van der Waals surface area contributed by atoms with Gasteiger partial charge in [-0.3, -0.25) is 9.59 Å². The number of carbonyl (C=O) groups is 2. The molecule has 0 fully saturated rings. The van der Waals surface area contributed by atoms with E-state index in [4.69, 9.17) is 17.3 Å². The van der Waals surface area contributed by atoms with Crippen molar-refractivity contribution in [3.05, 3.63) is 34.3 Å². The third kappa shape index (κ3) is 1.62. The minimum absolute atomic E-state index is 0.271. The molecule has 0 aliphatic rings. The molecule has 0 saturated carbocycles. The molecule has 0 saturated heterocycles. The van der Waals surface area contributed by atoms with Crippen LogP contribution in [0.3, 0.4) is 0 Å². The van der Waals surface area contributed by atoms with Crippen LogP contribution in [0.2, 0.25) is 5.02 Å². The number of primary amides is 1. The topological polar surface area (TPSA) is 60.2 Å². The number of benzene rings is 1. The van der Waals surface area contributed by atoms with Crippen LogP contribution in [-0.4, -0.2) is 12.2 Å². The largest absolute Gasteiger partial charge is 0.366 e. The maximum absolute atomic E-state index is 10.6. The fourth-order valence-corrected chi connectivity index (χ4v) is 0.949. The van der Waals surface area contributed by atoms with Crippen molar-refractivity contribution < 1.29 is 9.59 Å². The van der Waals surface area contributed by atoms with E-state index in [9.17, 15) is 9.59 Å². The summed E-state index contributed by atoms with van der Waals surface area (Å²) < 4.78 is 0. The zero-order valence-corrected chi connectivity index (χ0v) is 6.84. The Hall–Kier alpha value is -1.35. The summed E-state index contributed by atoms with van der Waals surface area (Å²) in [6, 6.07) is 4.29. The van der Waals surface area contributed by atoms with Gasteiger partial charge in [0.1, 0.15) is 0 Å². The monoisotopic (exact) mass is 183 g/mol. The highest BCUT2D eigenvalue weighted by molar-refractivity contribution is 6.33. The SMILES string of the molecule is NC(=O)c1ccc(Cl)c(C=O)c1. The molecule has 0 spiro atoms. The molecule has 1 amide bonds. The Morgan fingerprint density at radius 3 is 2.67 bits per heavy atom. The summed E-state index contributed by atoms with van der Waals surface area (Å²) >= 11 is 5.62. The van der Waals surface area contributed by atoms with E-state index in [0.717, 1.165) is 0 Å². The van der Waals surface area contributed by atoms with Crippen LogP contribution in [0, 0.1) is 0 Å². The summed E-state index contributed by atoms with van der Waals surface area (Å²) in [5, 5.41) is 0.315. The molecule has 62 valence electrons. The number of hydrogen-bond acceptors (Lipinski definition) is 2. The van der Waals surface area contributed by atoms with E-state index in [1.807, 2.05) is 0 Å². The summed E-state index contributed by atoms with van der Waals surface area (Å²) in [7, 11) is 0. The highest BCUT2D eigenvalue weighted by atomic mass is 35.5. The second-order valence-corrected chi connectivity index (χ2v) is 2.63. The molecule has 0 heterocycles. The molecule has 0 atom stereocenters. The van der Waals surface area contributed by atoms with Crippen molar-refractivity contribution in [3.8, 4) is 0 Å². The van der Waals surface area contributed by atoms with Crippen LogP contribution < -0.4 is 5.73 Å². The van der Waals surface area contributed by atoms with Crippen LogP contribution >= 0.6 is 11.6 Å². The zero-order chi connectivity index (χ0) is 9.14. The predicted octanol–water partition coefficient (Wildman–Crippen LogP) is 1.25. The van der Waals surface area contributed by atoms with Crippen LogP contribution in [0.4, 0.5) is 0 Å². The summed E-state index contributed by atoms with van der Waals surface area (Å²) in [6.07, 6.45) is 0.578. The molecule has 4 heteroatoms. The van der Waals surface area contributed by atoms with Crippen molar-refractivity contribution in [2.75, 3.05) is 0 Å². The first kappa shape index (κ1) is 8.74. The average molecular weight is 184 g/mol. The van der Waals surface area contributed by atoms with Crippen LogP contribution in [0.25, 0.3) is 0 Å². The number of hydrogen-bond donors (Lipinski definition) is 1. The Kier molecular flexibility index (Phi) is 2.45. The van der Waals surface area contributed by atoms with Crippen LogP contribution in [-0.2, 0) is 0 Å². The molecular formula is C8H6ClNO2. The fraction of sp³-hybridized carbons (Fsp3) is 0. The Labute approximate surface area is 74.1 Å². The van der Waals surface area contributed by atoms with Gasteiger partial charge in [-0.2, -0.15) is 0 Å². The zero-order valence-electron chi connectivity index (χ0n) is 6.08. The molecule has 3 nitrogen and oxygen atoms in total. The van der Waals surface area contributed by atoms with Gasteiger partial charge in [0.05, 0.1) is 5.02 Å². The molecule has 0 bridgehead atoms. The van der Waals surface area contributed by atoms with Crippen LogP contribution in [0.15, 0.2) is 18.2 Å². The van der Waals surface area contributed by atoms with Crippen molar-refractivity contribution in [2.24, 2.45) is 5.73 Å². The van der Waals surface area contributed by atoms with E-state index in [-0.39, 0.29) is 11.1 Å². The smallest absolute Gasteiger partial charge is 0.248 e. The maximum Gasteiger partial charge on any atom is 0.248 e. The highest BCUT2D eigenvalue weighted by Crippen LogP contribution is 2.15. The lowest BCUT2D eigenvalue weighted by Gasteiger charge is -1.97. The van der Waals surface area contributed by atoms with E-state index in [1.165, 1.54) is 18.2 Å². The lowest BCUT2D eigenvalue weighted by molar-refractivity contribution is 0.100. The van der Waals surface area contributed by atoms with Crippen molar-refractivity contribution in [1.29, 1.82) is 0 Å². The van der Waals surface area contributed by atoms with E-state index < -0.39 is 5.91 Å². The van der Waals surface area contributed by atoms with Gasteiger partial charge in [-0.25, -0.2) is 0 Å². The minimum atomic E-state index is -0.574. The Morgan fingerprint density at radius 2 is 2.17 bits per heavy atom. The maximum atomic E-state index is 10.6. The van der Waals surface area contributed by atoms with Gasteiger partial charge in [0, 0.05) is 11.1 Å². The Bertz CT molecular complexity index is 336. The van der Waals surface area contributed by atoms with E-state index in [0.29, 0.717) is 11.3 Å². The molecule has 2 N–H and O–H groups in total. The molecule has 1 rings (SSSR count). The fourth-order valence-electron chi connectivity index (χ4n) is 0.787. The summed E-state index contributed by atoms with van der Waals surface area (Å²) in [5.41, 5.74) is 5.54. The highest BCUT2D eigenvalue weighted by Gasteiger charge is 2.04. The van der Waals surface area contributed by atoms with Crippen molar-refractivity contribution in [1.82, 2.24) is 0 Å². The molecule has 1 aromatic rings. The second kappa shape index (κ2) is 3.36. The number of halogens is 1. The van der Waals surface area contributed by atoms with Crippen molar-refractivity contribution in [3.63, 3.8) is 0 Å². The average Bonchev–Trinajstić information content (AvgIpc) is 2.05. The predicted molar refractivity (Wildman–Crippen MR) is 45.4 cm³/mol. The Balaban J connectivity index is 3.22. The third-order valence-electron chi connectivity index (χ3n) is 1.41. The molecule has 0 aliphatic heterocycles. The summed E-state index contributed by atoms with van der Waals surface area (Å²) in [4.78, 5) is 21.0. The number of carbonyl (C=O) groups excluding carboxylic acids is 2. The van der Waals surface area contributed by atoms with Gasteiger partial charge < -0.3 is 5.73 Å². The van der Waals surface area contributed by atoms with Crippen molar-refractivity contribution >= 4 is 23.8 Å². The normalized spacial score (nSPS) is 9.42. The number of aldehydes is 1. The molecule has 1 aromatic carbocycles. The number of rotatable bonds is 2. The Morgan fingerprint density at radius 1 is 1.50 bits per heavy atom. The van der Waals surface area contributed by atoms with Gasteiger partial charge in [-0.05, 0) is 18.2 Å². The summed E-state index contributed by atoms with van der Waals surface area (Å²) in [5.74, 6) is -0.574. The first-order valence-corrected chi connectivity index (χ1v) is 3.57. The molecule has 0 aromatic heterocycles. The first-order valence-electron chi connectivity index (χ1n) is 3.19. The van der Waals surface area contributed by atoms with E-state index in [1.54, 1.807) is 0 Å². The molecular weight excluding hydrogens is 178 g/mol. The summed E-state index contributed by atoms with van der Waals surface area (Å²) in [6.45, 7) is 0. The van der Waals surface area contributed by atoms with Gasteiger partial charge in [-0.1, -0.05) is 11.6 Å². The molecule has 0 unspecified atom stereocenters. The van der Waals surface area contributed by atoms with Gasteiger partial charge >= 0.3 is 0 Å². The standard InChI is InChI=1S/C8H6ClNO2/c9-7-2-1-5(8(10)12)3-6(7)4-11/h1-4H,(H2,10,12). The minimum Gasteiger partial charge on any atom is -0.366 e. The molecule has 0 radical (unpaired) electrons. The van der Waals surface area contributed by atoms with Gasteiger partial charge in [0.15, 0.2) is 6.29 Å². The van der Waals surface area contributed by atoms with E-state index in [2.05, 4.69) is 0 Å². The first-order chi connectivity index (χ1) is 5.65. The lowest BCUT2D eigenvalue weighted by Crippen LogP contribution is -2.11. The quantitative estimate of drug-likeness (QED) is 0.702. The van der Waals surface area contributed by atoms with Gasteiger partial charge in [0.2, 0.25) is 5.91 Å². The number of nitrogens with two attached hydrogens (primary N) is 1. The number of amides is 1. The van der Waals surface area contributed by atoms with E-state index >= 15 is 0 Å². The van der Waals surface area contributed by atoms with Gasteiger partial charge in [-0.15, -0.1) is 0 Å². The lowest BCUT2D eigenvalue weighted by atomic mass is 10.1. The van der Waals surface area contributed by atoms with Crippen LogP contribution in [0.5, 0.6) is 0 Å².